The maximum atomic E-state index is 13.3. The van der Waals surface area contributed by atoms with E-state index in [1.54, 1.807) is 30.1 Å². The summed E-state index contributed by atoms with van der Waals surface area (Å²) in [6, 6.07) is 13.3. The van der Waals surface area contributed by atoms with Crippen LogP contribution >= 0.6 is 23.2 Å². The third-order valence-corrected chi connectivity index (χ3v) is 6.06. The third kappa shape index (κ3) is 4.73. The van der Waals surface area contributed by atoms with Crippen molar-refractivity contribution in [2.75, 3.05) is 11.9 Å². The minimum atomic E-state index is -0.111. The molecule has 1 aromatic heterocycles. The highest BCUT2D eigenvalue weighted by atomic mass is 35.5. The van der Waals surface area contributed by atoms with Crippen molar-refractivity contribution >= 4 is 34.9 Å². The number of anilines is 1. The summed E-state index contributed by atoms with van der Waals surface area (Å²) in [5.74, 6) is 1.15. The summed E-state index contributed by atoms with van der Waals surface area (Å²) in [5, 5.41) is 0.996. The van der Waals surface area contributed by atoms with E-state index in [0.29, 0.717) is 22.3 Å². The number of hydrogen-bond acceptors (Lipinski definition) is 2. The molecule has 162 valence electrons. The predicted octanol–water partition coefficient (Wildman–Crippen LogP) is 6.27. The summed E-state index contributed by atoms with van der Waals surface area (Å²) in [7, 11) is 1.74. The Bertz CT molecular complexity index is 1070. The number of nitrogens with zero attached hydrogens (tertiary/aromatic N) is 4. The van der Waals surface area contributed by atoms with Crippen LogP contribution in [0.3, 0.4) is 0 Å². The number of fused-ring (bicyclic) bond motifs is 1. The molecule has 0 spiro atoms. The zero-order valence-electron chi connectivity index (χ0n) is 18.0. The minimum Gasteiger partial charge on any atom is -0.334 e. The first-order valence-corrected chi connectivity index (χ1v) is 11.2. The molecule has 0 bridgehead atoms. The van der Waals surface area contributed by atoms with Gasteiger partial charge >= 0.3 is 6.03 Å². The molecule has 0 N–H and O–H groups in total. The van der Waals surface area contributed by atoms with Gasteiger partial charge < -0.3 is 9.47 Å². The summed E-state index contributed by atoms with van der Waals surface area (Å²) < 4.78 is 2.23. The molecular weight excluding hydrogens is 431 g/mol. The van der Waals surface area contributed by atoms with Crippen LogP contribution in [-0.4, -0.2) is 33.6 Å². The van der Waals surface area contributed by atoms with E-state index in [0.717, 1.165) is 35.6 Å². The number of benzene rings is 2. The van der Waals surface area contributed by atoms with Crippen molar-refractivity contribution in [3.63, 3.8) is 0 Å². The Morgan fingerprint density at radius 3 is 2.58 bits per heavy atom. The molecule has 1 aliphatic rings. The monoisotopic (exact) mass is 456 g/mol. The van der Waals surface area contributed by atoms with E-state index >= 15 is 0 Å². The van der Waals surface area contributed by atoms with Crippen LogP contribution in [0.1, 0.15) is 31.7 Å². The van der Waals surface area contributed by atoms with E-state index in [-0.39, 0.29) is 12.1 Å². The number of rotatable bonds is 5. The molecule has 3 aromatic rings. The highest BCUT2D eigenvalue weighted by molar-refractivity contribution is 6.35. The maximum Gasteiger partial charge on any atom is 0.324 e. The van der Waals surface area contributed by atoms with Gasteiger partial charge in [-0.3, -0.25) is 4.90 Å². The molecule has 4 rings (SSSR count). The first-order valence-electron chi connectivity index (χ1n) is 10.5. The standard InChI is InChI=1S/C24H26Cl2N4O/c1-16(2)30(24(31)28(3)21-12-19(25)11-20(26)13-21)14-17-6-4-7-18(10-17)22-15-29-9-5-8-23(29)27-22/h4,6-7,10-13,15-16H,5,8-9,14H2,1-3H3. The van der Waals surface area contributed by atoms with Crippen LogP contribution in [-0.2, 0) is 19.5 Å². The number of imidazole rings is 1. The summed E-state index contributed by atoms with van der Waals surface area (Å²) in [5.41, 5.74) is 3.79. The van der Waals surface area contributed by atoms with Gasteiger partial charge in [0.1, 0.15) is 5.82 Å². The van der Waals surface area contributed by atoms with Crippen LogP contribution in [0.4, 0.5) is 10.5 Å². The molecule has 7 heteroatoms. The lowest BCUT2D eigenvalue weighted by Gasteiger charge is -2.31. The lowest BCUT2D eigenvalue weighted by molar-refractivity contribution is 0.188. The predicted molar refractivity (Wildman–Crippen MR) is 127 cm³/mol. The molecule has 0 unspecified atom stereocenters. The van der Waals surface area contributed by atoms with Crippen molar-refractivity contribution in [3.8, 4) is 11.3 Å². The summed E-state index contributed by atoms with van der Waals surface area (Å²) in [6.07, 6.45) is 4.33. The molecule has 0 saturated carbocycles. The Labute approximate surface area is 193 Å². The van der Waals surface area contributed by atoms with E-state index in [1.165, 1.54) is 6.42 Å². The van der Waals surface area contributed by atoms with Gasteiger partial charge in [0.15, 0.2) is 0 Å². The van der Waals surface area contributed by atoms with Crippen LogP contribution in [0, 0.1) is 0 Å². The fraction of sp³-hybridized carbons (Fsp3) is 0.333. The van der Waals surface area contributed by atoms with Gasteiger partial charge in [0.05, 0.1) is 5.69 Å². The minimum absolute atomic E-state index is 0.0182. The Morgan fingerprint density at radius 1 is 1.16 bits per heavy atom. The van der Waals surface area contributed by atoms with Crippen molar-refractivity contribution in [1.82, 2.24) is 14.5 Å². The smallest absolute Gasteiger partial charge is 0.324 e. The summed E-state index contributed by atoms with van der Waals surface area (Å²) >= 11 is 12.3. The summed E-state index contributed by atoms with van der Waals surface area (Å²) in [6.45, 7) is 5.56. The van der Waals surface area contributed by atoms with Crippen LogP contribution in [0.15, 0.2) is 48.7 Å². The second-order valence-corrected chi connectivity index (χ2v) is 9.10. The van der Waals surface area contributed by atoms with Crippen LogP contribution in [0.5, 0.6) is 0 Å². The molecule has 5 nitrogen and oxygen atoms in total. The van der Waals surface area contributed by atoms with Gasteiger partial charge in [-0.2, -0.15) is 0 Å². The first-order chi connectivity index (χ1) is 14.8. The molecule has 31 heavy (non-hydrogen) atoms. The third-order valence-electron chi connectivity index (χ3n) is 5.62. The second kappa shape index (κ2) is 8.93. The Hall–Kier alpha value is -2.50. The van der Waals surface area contributed by atoms with Crippen molar-refractivity contribution < 1.29 is 4.79 Å². The van der Waals surface area contributed by atoms with E-state index in [2.05, 4.69) is 22.9 Å². The largest absolute Gasteiger partial charge is 0.334 e. The second-order valence-electron chi connectivity index (χ2n) is 8.23. The number of halogens is 2. The fourth-order valence-electron chi connectivity index (χ4n) is 3.93. The van der Waals surface area contributed by atoms with E-state index in [9.17, 15) is 4.79 Å². The van der Waals surface area contributed by atoms with Crippen molar-refractivity contribution in [3.05, 3.63) is 70.1 Å². The van der Waals surface area contributed by atoms with Crippen molar-refractivity contribution in [2.24, 2.45) is 0 Å². The van der Waals surface area contributed by atoms with Gasteiger partial charge in [-0.25, -0.2) is 9.78 Å². The SMILES string of the molecule is CC(C)N(Cc1cccc(-c2cn3c(n2)CCC3)c1)C(=O)N(C)c1cc(Cl)cc(Cl)c1. The van der Waals surface area contributed by atoms with Gasteiger partial charge in [0, 0.05) is 60.1 Å². The highest BCUT2D eigenvalue weighted by Gasteiger charge is 2.23. The molecule has 0 saturated heterocycles. The maximum absolute atomic E-state index is 13.3. The number of urea groups is 1. The number of carbonyl (C=O) groups is 1. The number of aryl methyl sites for hydroxylation is 2. The molecular formula is C24H26Cl2N4O. The van der Waals surface area contributed by atoms with Gasteiger partial charge in [0.2, 0.25) is 0 Å². The zero-order chi connectivity index (χ0) is 22.1. The molecule has 2 amide bonds. The Balaban J connectivity index is 1.56. The van der Waals surface area contributed by atoms with Crippen LogP contribution < -0.4 is 4.90 Å². The van der Waals surface area contributed by atoms with Crippen molar-refractivity contribution in [2.45, 2.75) is 45.8 Å². The fourth-order valence-corrected chi connectivity index (χ4v) is 4.44. The number of carbonyl (C=O) groups excluding carboxylic acids is 1. The summed E-state index contributed by atoms with van der Waals surface area (Å²) in [4.78, 5) is 21.5. The average molecular weight is 457 g/mol. The highest BCUT2D eigenvalue weighted by Crippen LogP contribution is 2.27. The van der Waals surface area contributed by atoms with Gasteiger partial charge in [-0.05, 0) is 50.1 Å². The van der Waals surface area contributed by atoms with Crippen molar-refractivity contribution in [1.29, 1.82) is 0 Å². The van der Waals surface area contributed by atoms with E-state index in [1.807, 2.05) is 30.9 Å². The number of amides is 2. The number of hydrogen-bond donors (Lipinski definition) is 0. The Kier molecular flexibility index (Phi) is 6.26. The van der Waals surface area contributed by atoms with Gasteiger partial charge in [-0.15, -0.1) is 0 Å². The molecule has 2 aromatic carbocycles. The lowest BCUT2D eigenvalue weighted by atomic mass is 10.1. The average Bonchev–Trinajstić information content (AvgIpc) is 3.32. The molecule has 0 atom stereocenters. The zero-order valence-corrected chi connectivity index (χ0v) is 19.5. The van der Waals surface area contributed by atoms with Crippen LogP contribution in [0.25, 0.3) is 11.3 Å². The van der Waals surface area contributed by atoms with Gasteiger partial charge in [-0.1, -0.05) is 41.4 Å². The molecule has 2 heterocycles. The topological polar surface area (TPSA) is 41.4 Å². The number of aromatic nitrogens is 2. The Morgan fingerprint density at radius 2 is 1.90 bits per heavy atom. The van der Waals surface area contributed by atoms with E-state index in [4.69, 9.17) is 28.2 Å². The van der Waals surface area contributed by atoms with Crippen LogP contribution in [0.2, 0.25) is 10.0 Å². The molecule has 0 radical (unpaired) electrons. The van der Waals surface area contributed by atoms with E-state index < -0.39 is 0 Å². The molecule has 0 fully saturated rings. The quantitative estimate of drug-likeness (QED) is 0.453. The molecule has 1 aliphatic heterocycles. The normalized spacial score (nSPS) is 12.8. The first kappa shape index (κ1) is 21.7. The lowest BCUT2D eigenvalue weighted by Crippen LogP contribution is -2.44. The van der Waals surface area contributed by atoms with Gasteiger partial charge in [0.25, 0.3) is 0 Å². The molecule has 0 aliphatic carbocycles.